The number of halogens is 2. The summed E-state index contributed by atoms with van der Waals surface area (Å²) >= 11 is 11.8. The zero-order chi connectivity index (χ0) is 11.7. The first kappa shape index (κ1) is 11.6. The van der Waals surface area contributed by atoms with Crippen molar-refractivity contribution in [2.75, 3.05) is 0 Å². The van der Waals surface area contributed by atoms with Gasteiger partial charge in [0.25, 0.3) is 0 Å². The Kier molecular flexibility index (Phi) is 3.30. The van der Waals surface area contributed by atoms with E-state index in [0.29, 0.717) is 22.4 Å². The molecule has 0 saturated heterocycles. The van der Waals surface area contributed by atoms with E-state index < -0.39 is 0 Å². The van der Waals surface area contributed by atoms with Crippen molar-refractivity contribution < 1.29 is 0 Å². The van der Waals surface area contributed by atoms with Gasteiger partial charge in [0.05, 0.1) is 6.33 Å². The standard InChI is InChI=1S/C10H12Cl2N4/c1-3-6(4-2)16-5-13-7-8(11)14-10(12)15-9(7)16/h5-6H,3-4H2,1-2H3. The molecule has 0 aromatic carbocycles. The number of imidazole rings is 1. The van der Waals surface area contributed by atoms with Gasteiger partial charge in [0.1, 0.15) is 5.52 Å². The maximum atomic E-state index is 5.96. The van der Waals surface area contributed by atoms with Crippen LogP contribution < -0.4 is 0 Å². The first-order valence-corrected chi connectivity index (χ1v) is 5.98. The molecule has 86 valence electrons. The molecular formula is C10H12Cl2N4. The first-order chi connectivity index (χ1) is 7.67. The molecule has 0 bridgehead atoms. The van der Waals surface area contributed by atoms with E-state index in [0.717, 1.165) is 12.8 Å². The summed E-state index contributed by atoms with van der Waals surface area (Å²) in [5.74, 6) is 0. The molecule has 0 fully saturated rings. The smallest absolute Gasteiger partial charge is 0.225 e. The quantitative estimate of drug-likeness (QED) is 0.626. The Hall–Kier alpha value is -0.870. The minimum absolute atomic E-state index is 0.158. The zero-order valence-electron chi connectivity index (χ0n) is 9.11. The summed E-state index contributed by atoms with van der Waals surface area (Å²) in [5, 5.41) is 0.463. The second-order valence-corrected chi connectivity index (χ2v) is 4.27. The van der Waals surface area contributed by atoms with E-state index in [1.807, 2.05) is 4.57 Å². The Morgan fingerprint density at radius 2 is 1.94 bits per heavy atom. The van der Waals surface area contributed by atoms with Crippen LogP contribution >= 0.6 is 23.2 Å². The molecule has 0 saturated carbocycles. The fraction of sp³-hybridized carbons (Fsp3) is 0.500. The summed E-state index contributed by atoms with van der Waals surface area (Å²) in [5.41, 5.74) is 1.32. The maximum absolute atomic E-state index is 5.96. The molecule has 2 aromatic rings. The average molecular weight is 259 g/mol. The summed E-state index contributed by atoms with van der Waals surface area (Å²) < 4.78 is 2.01. The van der Waals surface area contributed by atoms with Crippen molar-refractivity contribution in [1.29, 1.82) is 0 Å². The van der Waals surface area contributed by atoms with E-state index in [2.05, 4.69) is 28.8 Å². The number of rotatable bonds is 3. The minimum Gasteiger partial charge on any atom is -0.312 e. The largest absolute Gasteiger partial charge is 0.312 e. The van der Waals surface area contributed by atoms with Crippen molar-refractivity contribution >= 4 is 34.4 Å². The Morgan fingerprint density at radius 1 is 1.25 bits per heavy atom. The van der Waals surface area contributed by atoms with Crippen molar-refractivity contribution in [2.45, 2.75) is 32.7 Å². The maximum Gasteiger partial charge on any atom is 0.225 e. The summed E-state index contributed by atoms with van der Waals surface area (Å²) in [6.45, 7) is 4.26. The Balaban J connectivity index is 2.63. The third-order valence-electron chi connectivity index (χ3n) is 2.69. The molecule has 6 heteroatoms. The molecular weight excluding hydrogens is 247 g/mol. The summed E-state index contributed by atoms with van der Waals surface area (Å²) in [6, 6.07) is 0.368. The zero-order valence-corrected chi connectivity index (χ0v) is 10.6. The van der Waals surface area contributed by atoms with Crippen molar-refractivity contribution in [3.05, 3.63) is 16.8 Å². The molecule has 0 aliphatic rings. The fourth-order valence-corrected chi connectivity index (χ4v) is 2.23. The van der Waals surface area contributed by atoms with E-state index in [1.54, 1.807) is 6.33 Å². The van der Waals surface area contributed by atoms with Gasteiger partial charge >= 0.3 is 0 Å². The highest BCUT2D eigenvalue weighted by atomic mass is 35.5. The molecule has 16 heavy (non-hydrogen) atoms. The normalized spacial score (nSPS) is 11.6. The van der Waals surface area contributed by atoms with Crippen LogP contribution in [0.2, 0.25) is 10.4 Å². The molecule has 0 spiro atoms. The van der Waals surface area contributed by atoms with Gasteiger partial charge < -0.3 is 4.57 Å². The number of nitrogens with zero attached hydrogens (tertiary/aromatic N) is 4. The van der Waals surface area contributed by atoms with Gasteiger partial charge in [-0.1, -0.05) is 25.4 Å². The van der Waals surface area contributed by atoms with Gasteiger partial charge in [-0.15, -0.1) is 0 Å². The van der Waals surface area contributed by atoms with Crippen LogP contribution in [0.1, 0.15) is 32.7 Å². The van der Waals surface area contributed by atoms with Crippen LogP contribution in [0.5, 0.6) is 0 Å². The van der Waals surface area contributed by atoms with Crippen molar-refractivity contribution in [2.24, 2.45) is 0 Å². The SMILES string of the molecule is CCC(CC)n1cnc2c(Cl)nc(Cl)nc21. The van der Waals surface area contributed by atoms with Crippen LogP contribution in [-0.2, 0) is 0 Å². The van der Waals surface area contributed by atoms with Gasteiger partial charge in [-0.3, -0.25) is 0 Å². The third-order valence-corrected chi connectivity index (χ3v) is 3.12. The summed E-state index contributed by atoms with van der Waals surface area (Å²) in [6.07, 6.45) is 3.78. The van der Waals surface area contributed by atoms with Gasteiger partial charge in [-0.05, 0) is 24.4 Å². The van der Waals surface area contributed by atoms with Gasteiger partial charge in [0.15, 0.2) is 10.8 Å². The van der Waals surface area contributed by atoms with Crippen LogP contribution in [0.25, 0.3) is 11.2 Å². The topological polar surface area (TPSA) is 43.6 Å². The number of hydrogen-bond acceptors (Lipinski definition) is 3. The average Bonchev–Trinajstić information content (AvgIpc) is 2.64. The van der Waals surface area contributed by atoms with Gasteiger partial charge in [0.2, 0.25) is 5.28 Å². The predicted octanol–water partition coefficient (Wildman–Crippen LogP) is 3.49. The van der Waals surface area contributed by atoms with E-state index >= 15 is 0 Å². The molecule has 2 heterocycles. The predicted molar refractivity (Wildman–Crippen MR) is 65.0 cm³/mol. The van der Waals surface area contributed by atoms with Gasteiger partial charge in [0, 0.05) is 6.04 Å². The van der Waals surface area contributed by atoms with Crippen molar-refractivity contribution in [3.8, 4) is 0 Å². The van der Waals surface area contributed by atoms with Crippen LogP contribution in [0.3, 0.4) is 0 Å². The van der Waals surface area contributed by atoms with Crippen LogP contribution in [0.4, 0.5) is 0 Å². The summed E-state index contributed by atoms with van der Waals surface area (Å²) in [7, 11) is 0. The molecule has 0 aliphatic carbocycles. The first-order valence-electron chi connectivity index (χ1n) is 5.22. The lowest BCUT2D eigenvalue weighted by atomic mass is 10.2. The lowest BCUT2D eigenvalue weighted by molar-refractivity contribution is 0.480. The molecule has 0 N–H and O–H groups in total. The molecule has 0 amide bonds. The van der Waals surface area contributed by atoms with Crippen LogP contribution in [-0.4, -0.2) is 19.5 Å². The Labute approximate surface area is 104 Å². The van der Waals surface area contributed by atoms with E-state index in [4.69, 9.17) is 23.2 Å². The highest BCUT2D eigenvalue weighted by Crippen LogP contribution is 2.25. The lowest BCUT2D eigenvalue weighted by Gasteiger charge is -2.14. The van der Waals surface area contributed by atoms with E-state index in [9.17, 15) is 0 Å². The Morgan fingerprint density at radius 3 is 2.56 bits per heavy atom. The summed E-state index contributed by atoms with van der Waals surface area (Å²) in [4.78, 5) is 12.3. The number of aromatic nitrogens is 4. The lowest BCUT2D eigenvalue weighted by Crippen LogP contribution is -2.06. The number of hydrogen-bond donors (Lipinski definition) is 0. The highest BCUT2D eigenvalue weighted by molar-refractivity contribution is 6.35. The molecule has 0 aliphatic heterocycles. The van der Waals surface area contributed by atoms with Crippen molar-refractivity contribution in [3.63, 3.8) is 0 Å². The Bertz CT molecular complexity index is 505. The minimum atomic E-state index is 0.158. The number of fused-ring (bicyclic) bond motifs is 1. The third kappa shape index (κ3) is 1.87. The molecule has 2 rings (SSSR count). The molecule has 2 aromatic heterocycles. The van der Waals surface area contributed by atoms with E-state index in [1.165, 1.54) is 0 Å². The van der Waals surface area contributed by atoms with Crippen molar-refractivity contribution in [1.82, 2.24) is 19.5 Å². The van der Waals surface area contributed by atoms with Gasteiger partial charge in [-0.25, -0.2) is 9.97 Å². The molecule has 4 nitrogen and oxygen atoms in total. The molecule has 0 radical (unpaired) electrons. The van der Waals surface area contributed by atoms with E-state index in [-0.39, 0.29) is 5.28 Å². The van der Waals surface area contributed by atoms with Gasteiger partial charge in [-0.2, -0.15) is 4.98 Å². The molecule has 0 atom stereocenters. The monoisotopic (exact) mass is 258 g/mol. The van der Waals surface area contributed by atoms with Crippen LogP contribution in [0.15, 0.2) is 6.33 Å². The second-order valence-electron chi connectivity index (χ2n) is 3.58. The van der Waals surface area contributed by atoms with Crippen LogP contribution in [0, 0.1) is 0 Å². The molecule has 0 unspecified atom stereocenters. The highest BCUT2D eigenvalue weighted by Gasteiger charge is 2.15. The second kappa shape index (κ2) is 4.55. The fourth-order valence-electron chi connectivity index (χ4n) is 1.81.